The maximum atomic E-state index is 14.5. The predicted molar refractivity (Wildman–Crippen MR) is 115 cm³/mol. The fourth-order valence-electron chi connectivity index (χ4n) is 4.16. The van der Waals surface area contributed by atoms with Crippen LogP contribution in [0.1, 0.15) is 29.5 Å². The van der Waals surface area contributed by atoms with Gasteiger partial charge in [-0.15, -0.1) is 0 Å². The van der Waals surface area contributed by atoms with Crippen molar-refractivity contribution in [2.24, 2.45) is 13.0 Å². The van der Waals surface area contributed by atoms with Crippen molar-refractivity contribution in [2.45, 2.75) is 31.5 Å². The third-order valence-corrected chi connectivity index (χ3v) is 5.81. The molecule has 0 aromatic carbocycles. The Kier molecular flexibility index (Phi) is 6.62. The van der Waals surface area contributed by atoms with Crippen molar-refractivity contribution in [1.29, 1.82) is 0 Å². The summed E-state index contributed by atoms with van der Waals surface area (Å²) in [6.45, 7) is 0.604. The van der Waals surface area contributed by atoms with Crippen molar-refractivity contribution in [3.8, 4) is 11.3 Å². The van der Waals surface area contributed by atoms with Crippen molar-refractivity contribution >= 4 is 11.7 Å². The van der Waals surface area contributed by atoms with E-state index in [1.165, 1.54) is 16.9 Å². The van der Waals surface area contributed by atoms with E-state index in [0.717, 1.165) is 23.4 Å². The quantitative estimate of drug-likeness (QED) is 0.519. The molecule has 14 heteroatoms. The number of anilines is 1. The van der Waals surface area contributed by atoms with E-state index in [9.17, 15) is 31.1 Å². The number of pyridine rings is 1. The molecule has 1 N–H and O–H groups in total. The first kappa shape index (κ1) is 25.4. The molecule has 0 saturated carbocycles. The maximum absolute atomic E-state index is 14.5. The van der Waals surface area contributed by atoms with E-state index in [4.69, 9.17) is 0 Å². The Hall–Kier alpha value is -3.71. The maximum Gasteiger partial charge on any atom is 0.434 e. The fourth-order valence-corrected chi connectivity index (χ4v) is 4.16. The Morgan fingerprint density at radius 1 is 1.17 bits per heavy atom. The number of nitrogens with one attached hydrogen (secondary N) is 1. The van der Waals surface area contributed by atoms with Crippen molar-refractivity contribution in [1.82, 2.24) is 29.6 Å². The van der Waals surface area contributed by atoms with Gasteiger partial charge in [-0.05, 0) is 18.1 Å². The molecule has 1 aliphatic rings. The Morgan fingerprint density at radius 2 is 1.92 bits per heavy atom. The molecule has 1 saturated heterocycles. The Bertz CT molecular complexity index is 1230. The summed E-state index contributed by atoms with van der Waals surface area (Å²) in [6.07, 6.45) is -1.27. The Morgan fingerprint density at radius 3 is 2.53 bits per heavy atom. The molecule has 0 unspecified atom stereocenters. The normalized spacial score (nSPS) is 19.8. The highest BCUT2D eigenvalue weighted by Crippen LogP contribution is 2.36. The summed E-state index contributed by atoms with van der Waals surface area (Å²) in [6, 6.07) is 1.73. The molecule has 0 aliphatic carbocycles. The number of carbonyl (C=O) groups excluding carboxylic acids is 1. The van der Waals surface area contributed by atoms with Crippen LogP contribution in [0.4, 0.5) is 32.2 Å². The number of alkyl halides is 5. The lowest BCUT2D eigenvalue weighted by molar-refractivity contribution is -0.141. The first-order chi connectivity index (χ1) is 16.8. The highest BCUT2D eigenvalue weighted by molar-refractivity contribution is 5.98. The smallest absolute Gasteiger partial charge is 0.367 e. The summed E-state index contributed by atoms with van der Waals surface area (Å²) in [5, 5.41) is 6.93. The molecule has 192 valence electrons. The van der Waals surface area contributed by atoms with Gasteiger partial charge in [0, 0.05) is 26.2 Å². The molecule has 4 heterocycles. The molecule has 0 radical (unpaired) electrons. The van der Waals surface area contributed by atoms with Gasteiger partial charge in [-0.2, -0.15) is 18.3 Å². The van der Waals surface area contributed by atoms with Crippen molar-refractivity contribution < 1.29 is 31.1 Å². The number of carbonyl (C=O) groups is 1. The number of aromatic nitrogens is 5. The van der Waals surface area contributed by atoms with Gasteiger partial charge in [-0.1, -0.05) is 6.92 Å². The molecule has 1 fully saturated rings. The van der Waals surface area contributed by atoms with Crippen LogP contribution in [0.5, 0.6) is 0 Å². The molecule has 3 aromatic rings. The molecule has 0 bridgehead atoms. The van der Waals surface area contributed by atoms with E-state index in [2.05, 4.69) is 25.4 Å². The average molecular weight is 513 g/mol. The molecule has 2 atom stereocenters. The molecule has 36 heavy (non-hydrogen) atoms. The number of nitrogens with zero attached hydrogens (tertiary/aromatic N) is 6. The van der Waals surface area contributed by atoms with Gasteiger partial charge < -0.3 is 10.2 Å². The van der Waals surface area contributed by atoms with Gasteiger partial charge in [0.1, 0.15) is 11.6 Å². The fraction of sp³-hybridized carbons (Fsp3) is 0.409. The van der Waals surface area contributed by atoms with Crippen molar-refractivity contribution in [3.63, 3.8) is 0 Å². The van der Waals surface area contributed by atoms with Crippen LogP contribution in [-0.4, -0.2) is 60.6 Å². The highest BCUT2D eigenvalue weighted by Gasteiger charge is 2.47. The summed E-state index contributed by atoms with van der Waals surface area (Å²) >= 11 is 0. The molecule has 1 amide bonds. The highest BCUT2D eigenvalue weighted by atomic mass is 19.4. The lowest BCUT2D eigenvalue weighted by Gasteiger charge is -2.43. The molecular weight excluding hydrogens is 492 g/mol. The number of hydrogen-bond acceptors (Lipinski definition) is 6. The molecular formula is C22H21F6N7O. The van der Waals surface area contributed by atoms with Crippen LogP contribution in [0.2, 0.25) is 0 Å². The second kappa shape index (κ2) is 9.39. The Labute approximate surface area is 201 Å². The summed E-state index contributed by atoms with van der Waals surface area (Å²) in [5.74, 6) is -5.22. The number of aryl methyl sites for hydroxylation is 1. The number of likely N-dealkylation sites (tertiary alicyclic amines) is 1. The molecule has 1 aliphatic heterocycles. The van der Waals surface area contributed by atoms with Crippen LogP contribution in [0.3, 0.4) is 0 Å². The molecule has 3 aromatic heterocycles. The topological polar surface area (TPSA) is 88.8 Å². The third kappa shape index (κ3) is 5.41. The van der Waals surface area contributed by atoms with Gasteiger partial charge in [0.15, 0.2) is 11.4 Å². The van der Waals surface area contributed by atoms with Crippen LogP contribution in [-0.2, 0) is 13.2 Å². The van der Waals surface area contributed by atoms with E-state index < -0.39 is 54.4 Å². The van der Waals surface area contributed by atoms with Crippen LogP contribution < -0.4 is 5.32 Å². The minimum Gasteiger partial charge on any atom is -0.367 e. The second-order valence-corrected chi connectivity index (χ2v) is 8.63. The largest absolute Gasteiger partial charge is 0.434 e. The summed E-state index contributed by atoms with van der Waals surface area (Å²) < 4.78 is 81.9. The summed E-state index contributed by atoms with van der Waals surface area (Å²) in [4.78, 5) is 25.5. The van der Waals surface area contributed by atoms with Gasteiger partial charge in [0.05, 0.1) is 42.4 Å². The summed E-state index contributed by atoms with van der Waals surface area (Å²) in [7, 11) is 1.54. The number of rotatable bonds is 5. The van der Waals surface area contributed by atoms with Crippen LogP contribution in [0, 0.1) is 11.7 Å². The van der Waals surface area contributed by atoms with Gasteiger partial charge >= 0.3 is 6.18 Å². The van der Waals surface area contributed by atoms with Crippen molar-refractivity contribution in [3.05, 3.63) is 54.1 Å². The molecule has 8 nitrogen and oxygen atoms in total. The second-order valence-electron chi connectivity index (χ2n) is 8.63. The van der Waals surface area contributed by atoms with Crippen LogP contribution >= 0.6 is 0 Å². The van der Waals surface area contributed by atoms with E-state index >= 15 is 0 Å². The van der Waals surface area contributed by atoms with Gasteiger partial charge in [0.25, 0.3) is 11.8 Å². The van der Waals surface area contributed by atoms with Gasteiger partial charge in [-0.3, -0.25) is 14.5 Å². The minimum atomic E-state index is -4.65. The number of hydrogen-bond donors (Lipinski definition) is 1. The van der Waals surface area contributed by atoms with Crippen molar-refractivity contribution in [2.75, 3.05) is 18.4 Å². The molecule has 0 spiro atoms. The van der Waals surface area contributed by atoms with Gasteiger partial charge in [0.2, 0.25) is 0 Å². The average Bonchev–Trinajstić information content (AvgIpc) is 3.19. The third-order valence-electron chi connectivity index (χ3n) is 5.81. The van der Waals surface area contributed by atoms with E-state index in [0.29, 0.717) is 6.20 Å². The number of halogens is 6. The zero-order valence-electron chi connectivity index (χ0n) is 19.1. The zero-order valence-corrected chi connectivity index (χ0v) is 19.1. The standard InChI is InChI=1S/C22H21F6N7O/c1-12-5-21(24,25)11-35(16(12)7-31-18-9-30-17(8-32-18)22(26,27)28)20(36)19-14(10-34(2)33-19)15-4-3-13(23)6-29-15/h3-4,6,8-10,12,16H,5,7,11H2,1-2H3,(H,31,32)/t12-,16-/m1/s1. The van der Waals surface area contributed by atoms with Gasteiger partial charge in [-0.25, -0.2) is 23.1 Å². The minimum absolute atomic E-state index is 0.00558. The first-order valence-corrected chi connectivity index (χ1v) is 10.8. The lowest BCUT2D eigenvalue weighted by Crippen LogP contribution is -2.57. The summed E-state index contributed by atoms with van der Waals surface area (Å²) in [5.41, 5.74) is -0.836. The van der Waals surface area contributed by atoms with E-state index in [-0.39, 0.29) is 29.3 Å². The Balaban J connectivity index is 1.60. The number of piperidine rings is 1. The SMILES string of the molecule is C[C@@H]1CC(F)(F)CN(C(=O)c2nn(C)cc2-c2ccc(F)cn2)[C@@H]1CNc1cnc(C(F)(F)F)cn1. The van der Waals surface area contributed by atoms with E-state index in [1.54, 1.807) is 14.0 Å². The predicted octanol–water partition coefficient (Wildman–Crippen LogP) is 4.03. The number of amides is 1. The van der Waals surface area contributed by atoms with Crippen LogP contribution in [0.25, 0.3) is 11.3 Å². The lowest BCUT2D eigenvalue weighted by atomic mass is 9.88. The van der Waals surface area contributed by atoms with E-state index in [1.807, 2.05) is 0 Å². The molecule has 4 rings (SSSR count). The monoisotopic (exact) mass is 513 g/mol. The first-order valence-electron chi connectivity index (χ1n) is 10.8. The van der Waals surface area contributed by atoms with Crippen LogP contribution in [0.15, 0.2) is 36.9 Å². The zero-order chi connectivity index (χ0) is 26.3.